The van der Waals surface area contributed by atoms with Crippen molar-refractivity contribution in [3.05, 3.63) is 39.2 Å². The predicted octanol–water partition coefficient (Wildman–Crippen LogP) is 3.06. The van der Waals surface area contributed by atoms with Crippen LogP contribution in [0, 0.1) is 22.9 Å². The molecule has 0 bridgehead atoms. The summed E-state index contributed by atoms with van der Waals surface area (Å²) in [6.45, 7) is 0.852. The third-order valence-electron chi connectivity index (χ3n) is 1.87. The quantitative estimate of drug-likeness (QED) is 0.417. The predicted molar refractivity (Wildman–Crippen MR) is 42.8 cm³/mol. The Balaban J connectivity index is 3.41. The van der Waals surface area contributed by atoms with E-state index >= 15 is 0 Å². The first-order chi connectivity index (χ1) is 6.75. The number of halogens is 4. The van der Waals surface area contributed by atoms with Crippen LogP contribution in [-0.4, -0.2) is 4.92 Å². The molecule has 1 aromatic carbocycles. The van der Waals surface area contributed by atoms with E-state index in [0.29, 0.717) is 12.1 Å². The third kappa shape index (κ3) is 2.05. The van der Waals surface area contributed by atoms with Crippen LogP contribution in [0.25, 0.3) is 0 Å². The van der Waals surface area contributed by atoms with Crippen molar-refractivity contribution in [3.63, 3.8) is 0 Å². The third-order valence-corrected chi connectivity index (χ3v) is 1.87. The number of rotatable bonds is 1. The molecule has 0 amide bonds. The molecule has 0 atom stereocenters. The standard InChI is InChI=1S/C8H5F4NO2/c1-4-5(8(10,11)12)2-3-6(7(4)9)13(14)15/h2-3H,1H3. The summed E-state index contributed by atoms with van der Waals surface area (Å²) in [5, 5.41) is 10.2. The number of nitro groups is 1. The molecule has 82 valence electrons. The van der Waals surface area contributed by atoms with Gasteiger partial charge in [0.05, 0.1) is 10.5 Å². The Morgan fingerprint density at radius 1 is 1.33 bits per heavy atom. The molecule has 0 aliphatic rings. The Morgan fingerprint density at radius 2 is 1.87 bits per heavy atom. The molecule has 1 aromatic rings. The average molecular weight is 223 g/mol. The fraction of sp³-hybridized carbons (Fsp3) is 0.250. The number of nitrogens with zero attached hydrogens (tertiary/aromatic N) is 1. The lowest BCUT2D eigenvalue weighted by Crippen LogP contribution is -2.09. The first kappa shape index (κ1) is 11.4. The number of alkyl halides is 3. The van der Waals surface area contributed by atoms with Crippen molar-refractivity contribution in [3.8, 4) is 0 Å². The van der Waals surface area contributed by atoms with Crippen LogP contribution >= 0.6 is 0 Å². The minimum absolute atomic E-state index is 0.497. The van der Waals surface area contributed by atoms with E-state index in [1.54, 1.807) is 0 Å². The number of benzene rings is 1. The summed E-state index contributed by atoms with van der Waals surface area (Å²) in [7, 11) is 0. The lowest BCUT2D eigenvalue weighted by atomic mass is 10.1. The molecular formula is C8H5F4NO2. The second-order valence-electron chi connectivity index (χ2n) is 2.83. The van der Waals surface area contributed by atoms with Gasteiger partial charge in [0.1, 0.15) is 0 Å². The van der Waals surface area contributed by atoms with Crippen molar-refractivity contribution in [2.24, 2.45) is 0 Å². The van der Waals surface area contributed by atoms with Gasteiger partial charge < -0.3 is 0 Å². The zero-order valence-electron chi connectivity index (χ0n) is 7.43. The van der Waals surface area contributed by atoms with Crippen LogP contribution in [0.4, 0.5) is 23.2 Å². The molecule has 0 aromatic heterocycles. The van der Waals surface area contributed by atoms with Gasteiger partial charge in [0, 0.05) is 11.6 Å². The van der Waals surface area contributed by atoms with E-state index in [-0.39, 0.29) is 0 Å². The van der Waals surface area contributed by atoms with Gasteiger partial charge in [0.2, 0.25) is 5.82 Å². The highest BCUT2D eigenvalue weighted by molar-refractivity contribution is 5.42. The minimum atomic E-state index is -4.71. The highest BCUT2D eigenvalue weighted by Gasteiger charge is 2.35. The maximum Gasteiger partial charge on any atom is 0.416 e. The zero-order chi connectivity index (χ0) is 11.8. The van der Waals surface area contributed by atoms with E-state index in [4.69, 9.17) is 0 Å². The van der Waals surface area contributed by atoms with E-state index < -0.39 is 33.7 Å². The van der Waals surface area contributed by atoms with Gasteiger partial charge in [-0.15, -0.1) is 0 Å². The molecule has 0 radical (unpaired) electrons. The Bertz CT molecular complexity index is 414. The first-order valence-corrected chi connectivity index (χ1v) is 3.76. The van der Waals surface area contributed by atoms with Crippen LogP contribution in [-0.2, 0) is 6.18 Å². The summed E-state index contributed by atoms with van der Waals surface area (Å²) in [5.74, 6) is -1.45. The summed E-state index contributed by atoms with van der Waals surface area (Å²) in [4.78, 5) is 9.15. The Labute approximate surface area is 81.5 Å². The summed E-state index contributed by atoms with van der Waals surface area (Å²) in [6, 6.07) is 1.00. The fourth-order valence-electron chi connectivity index (χ4n) is 1.12. The van der Waals surface area contributed by atoms with E-state index in [1.165, 1.54) is 0 Å². The molecule has 0 fully saturated rings. The van der Waals surface area contributed by atoms with Gasteiger partial charge in [-0.1, -0.05) is 0 Å². The van der Waals surface area contributed by atoms with E-state index in [0.717, 1.165) is 6.92 Å². The van der Waals surface area contributed by atoms with E-state index in [9.17, 15) is 27.7 Å². The number of hydrogen-bond acceptors (Lipinski definition) is 2. The summed E-state index contributed by atoms with van der Waals surface area (Å²) < 4.78 is 49.8. The molecule has 0 aliphatic carbocycles. The van der Waals surface area contributed by atoms with Crippen LogP contribution in [0.3, 0.4) is 0 Å². The highest BCUT2D eigenvalue weighted by Crippen LogP contribution is 2.35. The smallest absolute Gasteiger partial charge is 0.258 e. The van der Waals surface area contributed by atoms with Crippen LogP contribution in [0.1, 0.15) is 11.1 Å². The zero-order valence-corrected chi connectivity index (χ0v) is 7.43. The molecule has 3 nitrogen and oxygen atoms in total. The molecule has 1 rings (SSSR count). The summed E-state index contributed by atoms with van der Waals surface area (Å²) in [5.41, 5.74) is -2.93. The van der Waals surface area contributed by atoms with Gasteiger partial charge in [0.15, 0.2) is 0 Å². The Kier molecular flexibility index (Phi) is 2.65. The molecule has 0 unspecified atom stereocenters. The molecule has 0 N–H and O–H groups in total. The lowest BCUT2D eigenvalue weighted by Gasteiger charge is -2.10. The average Bonchev–Trinajstić information content (AvgIpc) is 2.06. The lowest BCUT2D eigenvalue weighted by molar-refractivity contribution is -0.387. The van der Waals surface area contributed by atoms with Crippen molar-refractivity contribution >= 4 is 5.69 Å². The van der Waals surface area contributed by atoms with Gasteiger partial charge in [-0.2, -0.15) is 17.6 Å². The SMILES string of the molecule is Cc1c(C(F)(F)F)ccc([N+](=O)[O-])c1F. The molecule has 7 heteroatoms. The highest BCUT2D eigenvalue weighted by atomic mass is 19.4. The fourth-order valence-corrected chi connectivity index (χ4v) is 1.12. The molecule has 0 heterocycles. The van der Waals surface area contributed by atoms with E-state index in [2.05, 4.69) is 0 Å². The number of nitro benzene ring substituents is 1. The minimum Gasteiger partial charge on any atom is -0.258 e. The largest absolute Gasteiger partial charge is 0.416 e. The van der Waals surface area contributed by atoms with Crippen molar-refractivity contribution in [1.29, 1.82) is 0 Å². The monoisotopic (exact) mass is 223 g/mol. The van der Waals surface area contributed by atoms with Gasteiger partial charge in [0.25, 0.3) is 0 Å². The summed E-state index contributed by atoms with van der Waals surface area (Å²) >= 11 is 0. The van der Waals surface area contributed by atoms with Gasteiger partial charge >= 0.3 is 11.9 Å². The van der Waals surface area contributed by atoms with Crippen LogP contribution < -0.4 is 0 Å². The van der Waals surface area contributed by atoms with Gasteiger partial charge in [-0.3, -0.25) is 10.1 Å². The molecule has 15 heavy (non-hydrogen) atoms. The number of hydrogen-bond donors (Lipinski definition) is 0. The van der Waals surface area contributed by atoms with Crippen molar-refractivity contribution in [2.45, 2.75) is 13.1 Å². The van der Waals surface area contributed by atoms with E-state index in [1.807, 2.05) is 0 Å². The maximum atomic E-state index is 13.1. The second kappa shape index (κ2) is 3.48. The maximum absolute atomic E-state index is 13.1. The van der Waals surface area contributed by atoms with Gasteiger partial charge in [-0.25, -0.2) is 0 Å². The van der Waals surface area contributed by atoms with Crippen LogP contribution in [0.15, 0.2) is 12.1 Å². The Hall–Kier alpha value is -1.66. The summed E-state index contributed by atoms with van der Waals surface area (Å²) in [6.07, 6.45) is -4.71. The van der Waals surface area contributed by atoms with Gasteiger partial charge in [-0.05, 0) is 13.0 Å². The molecule has 0 saturated carbocycles. The van der Waals surface area contributed by atoms with Crippen molar-refractivity contribution in [1.82, 2.24) is 0 Å². The molecule has 0 spiro atoms. The Morgan fingerprint density at radius 3 is 2.27 bits per heavy atom. The molecular weight excluding hydrogens is 218 g/mol. The molecule has 0 saturated heterocycles. The van der Waals surface area contributed by atoms with Crippen molar-refractivity contribution in [2.75, 3.05) is 0 Å². The molecule has 0 aliphatic heterocycles. The van der Waals surface area contributed by atoms with Crippen LogP contribution in [0.5, 0.6) is 0 Å². The first-order valence-electron chi connectivity index (χ1n) is 3.76. The van der Waals surface area contributed by atoms with Crippen LogP contribution in [0.2, 0.25) is 0 Å². The normalized spacial score (nSPS) is 11.5. The second-order valence-corrected chi connectivity index (χ2v) is 2.83. The topological polar surface area (TPSA) is 43.1 Å². The van der Waals surface area contributed by atoms with Crippen molar-refractivity contribution < 1.29 is 22.5 Å².